The fraction of sp³-hybridized carbons (Fsp3) is 0.217. The third-order valence-corrected chi connectivity index (χ3v) is 4.74. The van der Waals surface area contributed by atoms with E-state index in [9.17, 15) is 5.26 Å². The lowest BCUT2D eigenvalue weighted by molar-refractivity contribution is 0.297. The van der Waals surface area contributed by atoms with Gasteiger partial charge in [0.15, 0.2) is 11.5 Å². The summed E-state index contributed by atoms with van der Waals surface area (Å²) in [6.45, 7) is 10.4. The molecule has 0 amide bonds. The SMILES string of the molecule is C=CCOc1c(Cl)cc(/C=C(\C#N)c2nc3cc(C)c(C)cc3[nH]2)cc1OCC. The first kappa shape index (κ1) is 20.5. The fourth-order valence-electron chi connectivity index (χ4n) is 2.93. The molecule has 1 aromatic heterocycles. The monoisotopic (exact) mass is 407 g/mol. The molecule has 148 valence electrons. The van der Waals surface area contributed by atoms with Crippen molar-refractivity contribution in [3.63, 3.8) is 0 Å². The molecule has 0 aliphatic heterocycles. The molecule has 0 unspecified atom stereocenters. The Bertz CT molecular complexity index is 1100. The van der Waals surface area contributed by atoms with Crippen LogP contribution in [-0.2, 0) is 0 Å². The summed E-state index contributed by atoms with van der Waals surface area (Å²) in [5, 5.41) is 10.1. The molecule has 2 aromatic carbocycles. The molecular formula is C23H22ClN3O2. The first-order chi connectivity index (χ1) is 14.0. The number of nitrogens with one attached hydrogen (secondary N) is 1. The fourth-order valence-corrected chi connectivity index (χ4v) is 3.21. The van der Waals surface area contributed by atoms with Crippen LogP contribution < -0.4 is 9.47 Å². The molecule has 0 spiro atoms. The van der Waals surface area contributed by atoms with E-state index < -0.39 is 0 Å². The molecule has 0 fully saturated rings. The number of hydrogen-bond acceptors (Lipinski definition) is 4. The number of halogens is 1. The molecule has 3 rings (SSSR count). The van der Waals surface area contributed by atoms with Gasteiger partial charge in [-0.15, -0.1) is 0 Å². The minimum atomic E-state index is 0.316. The Morgan fingerprint density at radius 1 is 1.24 bits per heavy atom. The smallest absolute Gasteiger partial charge is 0.180 e. The van der Waals surface area contributed by atoms with E-state index in [2.05, 4.69) is 22.6 Å². The minimum absolute atomic E-state index is 0.316. The average Bonchev–Trinajstić information content (AvgIpc) is 3.08. The highest BCUT2D eigenvalue weighted by Gasteiger charge is 2.14. The number of aromatic amines is 1. The Labute approximate surface area is 175 Å². The summed E-state index contributed by atoms with van der Waals surface area (Å²) in [5.74, 6) is 1.48. The molecule has 0 atom stereocenters. The van der Waals surface area contributed by atoms with E-state index in [1.807, 2.05) is 32.9 Å². The highest BCUT2D eigenvalue weighted by molar-refractivity contribution is 6.32. The van der Waals surface area contributed by atoms with Crippen molar-refractivity contribution in [3.8, 4) is 17.6 Å². The number of benzene rings is 2. The number of aromatic nitrogens is 2. The van der Waals surface area contributed by atoms with Crippen LogP contribution in [0.4, 0.5) is 0 Å². The van der Waals surface area contributed by atoms with E-state index in [-0.39, 0.29) is 0 Å². The van der Waals surface area contributed by atoms with Crippen LogP contribution in [0, 0.1) is 25.2 Å². The maximum atomic E-state index is 9.71. The van der Waals surface area contributed by atoms with Crippen molar-refractivity contribution in [2.75, 3.05) is 13.2 Å². The summed E-state index contributed by atoms with van der Waals surface area (Å²) in [7, 11) is 0. The lowest BCUT2D eigenvalue weighted by Crippen LogP contribution is -2.00. The first-order valence-corrected chi connectivity index (χ1v) is 9.63. The number of imidazole rings is 1. The zero-order valence-corrected chi connectivity index (χ0v) is 17.4. The van der Waals surface area contributed by atoms with Crippen LogP contribution in [0.5, 0.6) is 11.5 Å². The molecule has 0 saturated carbocycles. The third kappa shape index (κ3) is 4.44. The second-order valence-electron chi connectivity index (χ2n) is 6.57. The van der Waals surface area contributed by atoms with Crippen LogP contribution in [0.1, 0.15) is 29.4 Å². The molecule has 6 heteroatoms. The Kier molecular flexibility index (Phi) is 6.26. The number of nitriles is 1. The van der Waals surface area contributed by atoms with Crippen molar-refractivity contribution in [2.24, 2.45) is 0 Å². The summed E-state index contributed by atoms with van der Waals surface area (Å²) in [4.78, 5) is 7.80. The predicted molar refractivity (Wildman–Crippen MR) is 117 cm³/mol. The van der Waals surface area contributed by atoms with E-state index in [0.717, 1.165) is 16.6 Å². The maximum Gasteiger partial charge on any atom is 0.180 e. The number of fused-ring (bicyclic) bond motifs is 1. The van der Waals surface area contributed by atoms with Gasteiger partial charge in [-0.25, -0.2) is 4.98 Å². The van der Waals surface area contributed by atoms with E-state index >= 15 is 0 Å². The third-order valence-electron chi connectivity index (χ3n) is 4.46. The van der Waals surface area contributed by atoms with Crippen LogP contribution in [-0.4, -0.2) is 23.2 Å². The summed E-state index contributed by atoms with van der Waals surface area (Å²) >= 11 is 6.40. The van der Waals surface area contributed by atoms with Gasteiger partial charge < -0.3 is 14.5 Å². The standard InChI is InChI=1S/C23H22ClN3O2/c1-5-7-29-22-18(24)11-16(12-21(22)28-6-2)10-17(13-25)23-26-19-8-14(3)15(4)9-20(19)27-23/h5,8-12H,1,6-7H2,2-4H3,(H,26,27)/b17-10+. The Morgan fingerprint density at radius 2 is 2.00 bits per heavy atom. The molecule has 1 heterocycles. The van der Waals surface area contributed by atoms with Crippen molar-refractivity contribution in [1.82, 2.24) is 9.97 Å². The number of nitrogens with zero attached hydrogens (tertiary/aromatic N) is 2. The lowest BCUT2D eigenvalue weighted by atomic mass is 10.1. The van der Waals surface area contributed by atoms with Crippen molar-refractivity contribution in [2.45, 2.75) is 20.8 Å². The van der Waals surface area contributed by atoms with Gasteiger partial charge in [0.05, 0.1) is 28.2 Å². The topological polar surface area (TPSA) is 70.9 Å². The van der Waals surface area contributed by atoms with Gasteiger partial charge in [-0.1, -0.05) is 24.3 Å². The number of ether oxygens (including phenoxy) is 2. The quantitative estimate of drug-likeness (QED) is 0.393. The molecule has 0 saturated heterocycles. The number of aryl methyl sites for hydroxylation is 2. The van der Waals surface area contributed by atoms with Gasteiger partial charge in [0, 0.05) is 0 Å². The molecule has 1 N–H and O–H groups in total. The normalized spacial score (nSPS) is 11.3. The molecular weight excluding hydrogens is 386 g/mol. The van der Waals surface area contributed by atoms with Crippen molar-refractivity contribution < 1.29 is 9.47 Å². The molecule has 5 nitrogen and oxygen atoms in total. The van der Waals surface area contributed by atoms with Gasteiger partial charge in [0.25, 0.3) is 0 Å². The van der Waals surface area contributed by atoms with Crippen molar-refractivity contribution in [1.29, 1.82) is 5.26 Å². The van der Waals surface area contributed by atoms with Gasteiger partial charge in [-0.3, -0.25) is 0 Å². The van der Waals surface area contributed by atoms with Crippen LogP contribution in [0.25, 0.3) is 22.7 Å². The second kappa shape index (κ2) is 8.85. The van der Waals surface area contributed by atoms with E-state index in [1.165, 1.54) is 5.56 Å². The largest absolute Gasteiger partial charge is 0.490 e. The summed E-state index contributed by atoms with van der Waals surface area (Å²) in [6, 6.07) is 9.79. The van der Waals surface area contributed by atoms with E-state index in [4.69, 9.17) is 21.1 Å². The summed E-state index contributed by atoms with van der Waals surface area (Å²) in [6.07, 6.45) is 3.36. The molecule has 0 aliphatic rings. The highest BCUT2D eigenvalue weighted by atomic mass is 35.5. The second-order valence-corrected chi connectivity index (χ2v) is 6.98. The van der Waals surface area contributed by atoms with E-state index in [1.54, 1.807) is 24.3 Å². The molecule has 3 aromatic rings. The zero-order chi connectivity index (χ0) is 21.0. The Morgan fingerprint density at radius 3 is 2.69 bits per heavy atom. The van der Waals surface area contributed by atoms with Gasteiger partial charge in [-0.05, 0) is 67.8 Å². The van der Waals surface area contributed by atoms with Crippen LogP contribution >= 0.6 is 11.6 Å². The summed E-state index contributed by atoms with van der Waals surface area (Å²) < 4.78 is 11.3. The molecule has 29 heavy (non-hydrogen) atoms. The van der Waals surface area contributed by atoms with Gasteiger partial charge >= 0.3 is 0 Å². The highest BCUT2D eigenvalue weighted by Crippen LogP contribution is 2.37. The van der Waals surface area contributed by atoms with E-state index in [0.29, 0.717) is 46.7 Å². The van der Waals surface area contributed by atoms with Crippen LogP contribution in [0.15, 0.2) is 36.9 Å². The maximum absolute atomic E-state index is 9.71. The van der Waals surface area contributed by atoms with Gasteiger partial charge in [0.1, 0.15) is 18.5 Å². The van der Waals surface area contributed by atoms with Gasteiger partial charge in [0.2, 0.25) is 0 Å². The Hall–Kier alpha value is -3.23. The first-order valence-electron chi connectivity index (χ1n) is 9.26. The zero-order valence-electron chi connectivity index (χ0n) is 16.7. The van der Waals surface area contributed by atoms with Crippen LogP contribution in [0.2, 0.25) is 5.02 Å². The predicted octanol–water partition coefficient (Wildman–Crippen LogP) is 5.86. The number of H-pyrrole nitrogens is 1. The molecule has 0 radical (unpaired) electrons. The number of rotatable bonds is 7. The molecule has 0 aliphatic carbocycles. The van der Waals surface area contributed by atoms with Crippen molar-refractivity contribution in [3.05, 3.63) is 64.5 Å². The summed E-state index contributed by atoms with van der Waals surface area (Å²) in [5.41, 5.74) is 5.15. The number of hydrogen-bond donors (Lipinski definition) is 1. The Balaban J connectivity index is 2.05. The number of allylic oxidation sites excluding steroid dienone is 1. The van der Waals surface area contributed by atoms with Gasteiger partial charge in [-0.2, -0.15) is 5.26 Å². The molecule has 0 bridgehead atoms. The van der Waals surface area contributed by atoms with Crippen LogP contribution in [0.3, 0.4) is 0 Å². The average molecular weight is 408 g/mol. The minimum Gasteiger partial charge on any atom is -0.490 e. The van der Waals surface area contributed by atoms with Crippen molar-refractivity contribution >= 4 is 34.3 Å². The lowest BCUT2D eigenvalue weighted by Gasteiger charge is -2.13.